The summed E-state index contributed by atoms with van der Waals surface area (Å²) in [7, 11) is 2.54. The first-order valence-corrected chi connectivity index (χ1v) is 10.1. The average Bonchev–Trinajstić information content (AvgIpc) is 3.19. The average molecular weight is 491 g/mol. The van der Waals surface area contributed by atoms with Crippen LogP contribution in [0.3, 0.4) is 0 Å². The molecule has 3 rings (SSSR count). The second-order valence-electron chi connectivity index (χ2n) is 7.36. The highest BCUT2D eigenvalue weighted by atomic mass is 35.5. The molecule has 0 radical (unpaired) electrons. The van der Waals surface area contributed by atoms with Gasteiger partial charge in [0.05, 0.1) is 28.8 Å². The first kappa shape index (κ1) is 24.0. The molecule has 2 atom stereocenters. The normalized spacial score (nSPS) is 18.5. The van der Waals surface area contributed by atoms with Crippen molar-refractivity contribution in [1.82, 2.24) is 9.80 Å². The van der Waals surface area contributed by atoms with Gasteiger partial charge in [-0.2, -0.15) is 13.2 Å². The van der Waals surface area contributed by atoms with Crippen molar-refractivity contribution in [2.45, 2.75) is 18.1 Å². The zero-order chi connectivity index (χ0) is 23.8. The van der Waals surface area contributed by atoms with Crippen molar-refractivity contribution in [2.75, 3.05) is 27.2 Å². The van der Waals surface area contributed by atoms with E-state index in [1.165, 1.54) is 18.0 Å². The highest BCUT2D eigenvalue weighted by Gasteiger charge is 2.41. The van der Waals surface area contributed by atoms with Crippen LogP contribution in [0.25, 0.3) is 0 Å². The Morgan fingerprint density at radius 2 is 1.81 bits per heavy atom. The number of rotatable bonds is 4. The number of alkyl halides is 3. The maximum Gasteiger partial charge on any atom is 0.419 e. The number of likely N-dealkylation sites (tertiary alicyclic amines) is 1. The van der Waals surface area contributed by atoms with E-state index in [-0.39, 0.29) is 23.7 Å². The summed E-state index contributed by atoms with van der Waals surface area (Å²) in [6.07, 6.45) is -5.88. The lowest BCUT2D eigenvalue weighted by Gasteiger charge is -2.29. The van der Waals surface area contributed by atoms with Gasteiger partial charge in [0, 0.05) is 31.6 Å². The quantitative estimate of drug-likeness (QED) is 0.636. The highest BCUT2D eigenvalue weighted by molar-refractivity contribution is 6.42. The summed E-state index contributed by atoms with van der Waals surface area (Å²) in [4.78, 5) is 27.1. The number of halogens is 5. The molecule has 0 unspecified atom stereocenters. The number of nitrogens with zero attached hydrogens (tertiary/aromatic N) is 2. The number of benzene rings is 2. The second kappa shape index (κ2) is 9.07. The highest BCUT2D eigenvalue weighted by Crippen LogP contribution is 2.38. The number of ether oxygens (including phenoxy) is 1. The SMILES string of the molecule is COc1ccc(C(=O)N(C)[C@@H]2CN(C(=O)O)C[C@H]2c2ccc(Cl)c(Cl)c2)cc1C(F)(F)F. The molecule has 2 aromatic carbocycles. The zero-order valence-corrected chi connectivity index (χ0v) is 18.5. The van der Waals surface area contributed by atoms with Crippen LogP contribution in [0.5, 0.6) is 5.75 Å². The van der Waals surface area contributed by atoms with Gasteiger partial charge in [-0.05, 0) is 35.9 Å². The molecule has 172 valence electrons. The van der Waals surface area contributed by atoms with Crippen molar-refractivity contribution in [3.63, 3.8) is 0 Å². The Labute approximate surface area is 192 Å². The molecule has 0 aromatic heterocycles. The number of hydrogen-bond donors (Lipinski definition) is 1. The summed E-state index contributed by atoms with van der Waals surface area (Å²) in [5.74, 6) is -1.53. The molecule has 1 N–H and O–H groups in total. The molecule has 1 aliphatic rings. The van der Waals surface area contributed by atoms with E-state index in [1.807, 2.05) is 0 Å². The van der Waals surface area contributed by atoms with Crippen LogP contribution in [0.4, 0.5) is 18.0 Å². The molecule has 2 aromatic rings. The van der Waals surface area contributed by atoms with E-state index < -0.39 is 41.4 Å². The van der Waals surface area contributed by atoms with Gasteiger partial charge in [0.2, 0.25) is 0 Å². The van der Waals surface area contributed by atoms with Gasteiger partial charge in [-0.1, -0.05) is 29.3 Å². The molecular formula is C21H19Cl2F3N2O4. The van der Waals surface area contributed by atoms with Crippen molar-refractivity contribution in [3.8, 4) is 5.75 Å². The monoisotopic (exact) mass is 490 g/mol. The van der Waals surface area contributed by atoms with Crippen LogP contribution in [0, 0.1) is 0 Å². The molecule has 32 heavy (non-hydrogen) atoms. The van der Waals surface area contributed by atoms with Gasteiger partial charge in [0.15, 0.2) is 0 Å². The van der Waals surface area contributed by atoms with Crippen molar-refractivity contribution in [2.24, 2.45) is 0 Å². The molecule has 0 spiro atoms. The van der Waals surface area contributed by atoms with Crippen LogP contribution in [-0.2, 0) is 6.18 Å². The largest absolute Gasteiger partial charge is 0.496 e. The Balaban J connectivity index is 1.96. The molecular weight excluding hydrogens is 472 g/mol. The lowest BCUT2D eigenvalue weighted by molar-refractivity contribution is -0.138. The van der Waals surface area contributed by atoms with E-state index in [9.17, 15) is 27.9 Å². The standard InChI is InChI=1S/C21H19Cl2F3N2O4/c1-27(19(29)12-4-6-18(32-2)14(7-12)21(24,25)26)17-10-28(20(30)31)9-13(17)11-3-5-15(22)16(23)8-11/h3-8,13,17H,9-10H2,1-2H3,(H,30,31)/t13-,17+/m0/s1. The fourth-order valence-corrected chi connectivity index (χ4v) is 4.13. The van der Waals surface area contributed by atoms with Crippen LogP contribution in [0.1, 0.15) is 27.4 Å². The summed E-state index contributed by atoms with van der Waals surface area (Å²) >= 11 is 12.1. The summed E-state index contributed by atoms with van der Waals surface area (Å²) < 4.78 is 44.9. The third kappa shape index (κ3) is 4.73. The minimum Gasteiger partial charge on any atom is -0.496 e. The molecule has 6 nitrogen and oxygen atoms in total. The maximum absolute atomic E-state index is 13.4. The Morgan fingerprint density at radius 3 is 2.38 bits per heavy atom. The molecule has 1 saturated heterocycles. The minimum absolute atomic E-state index is 0.00916. The zero-order valence-electron chi connectivity index (χ0n) is 17.0. The van der Waals surface area contributed by atoms with Crippen LogP contribution in [-0.4, -0.2) is 60.2 Å². The molecule has 1 aliphatic heterocycles. The van der Waals surface area contributed by atoms with E-state index in [0.717, 1.165) is 24.1 Å². The first-order chi connectivity index (χ1) is 14.9. The molecule has 0 aliphatic carbocycles. The molecule has 11 heteroatoms. The maximum atomic E-state index is 13.4. The predicted octanol–water partition coefficient (Wildman–Crippen LogP) is 5.24. The minimum atomic E-state index is -4.71. The topological polar surface area (TPSA) is 70.1 Å². The lowest BCUT2D eigenvalue weighted by atomic mass is 9.93. The van der Waals surface area contributed by atoms with Crippen LogP contribution in [0.2, 0.25) is 10.0 Å². The van der Waals surface area contributed by atoms with Gasteiger partial charge in [0.1, 0.15) is 5.75 Å². The number of likely N-dealkylation sites (N-methyl/N-ethyl adjacent to an activating group) is 1. The van der Waals surface area contributed by atoms with E-state index in [1.54, 1.807) is 18.2 Å². The number of hydrogen-bond acceptors (Lipinski definition) is 3. The number of methoxy groups -OCH3 is 1. The first-order valence-electron chi connectivity index (χ1n) is 9.39. The van der Waals surface area contributed by atoms with Gasteiger partial charge in [0.25, 0.3) is 5.91 Å². The number of carboxylic acid groups (broad SMARTS) is 1. The van der Waals surface area contributed by atoms with Crippen LogP contribution in [0.15, 0.2) is 36.4 Å². The van der Waals surface area contributed by atoms with Gasteiger partial charge in [-0.25, -0.2) is 4.79 Å². The third-order valence-electron chi connectivity index (χ3n) is 5.50. The summed E-state index contributed by atoms with van der Waals surface area (Å²) in [5, 5.41) is 10.0. The van der Waals surface area contributed by atoms with Gasteiger partial charge < -0.3 is 19.6 Å². The van der Waals surface area contributed by atoms with E-state index in [0.29, 0.717) is 10.6 Å². The van der Waals surface area contributed by atoms with Crippen molar-refractivity contribution >= 4 is 35.2 Å². The molecule has 0 bridgehead atoms. The van der Waals surface area contributed by atoms with Crippen molar-refractivity contribution in [3.05, 3.63) is 63.1 Å². The number of amides is 2. The Hall–Kier alpha value is -2.65. The molecule has 2 amide bonds. The Morgan fingerprint density at radius 1 is 1.12 bits per heavy atom. The van der Waals surface area contributed by atoms with E-state index in [4.69, 9.17) is 27.9 Å². The Bertz CT molecular complexity index is 1050. The fourth-order valence-electron chi connectivity index (χ4n) is 3.82. The Kier molecular flexibility index (Phi) is 6.80. The summed E-state index contributed by atoms with van der Waals surface area (Å²) in [6, 6.07) is 7.28. The third-order valence-corrected chi connectivity index (χ3v) is 6.24. The summed E-state index contributed by atoms with van der Waals surface area (Å²) in [6.45, 7) is 0.0801. The second-order valence-corrected chi connectivity index (χ2v) is 8.18. The lowest BCUT2D eigenvalue weighted by Crippen LogP contribution is -2.42. The van der Waals surface area contributed by atoms with Crippen LogP contribution < -0.4 is 4.74 Å². The van der Waals surface area contributed by atoms with Crippen molar-refractivity contribution < 1.29 is 32.6 Å². The fraction of sp³-hybridized carbons (Fsp3) is 0.333. The van der Waals surface area contributed by atoms with E-state index in [2.05, 4.69) is 0 Å². The molecule has 0 saturated carbocycles. The predicted molar refractivity (Wildman–Crippen MR) is 113 cm³/mol. The number of carbonyl (C=O) groups excluding carboxylic acids is 1. The van der Waals surface area contributed by atoms with Crippen LogP contribution >= 0.6 is 23.2 Å². The van der Waals surface area contributed by atoms with Crippen molar-refractivity contribution in [1.29, 1.82) is 0 Å². The van der Waals surface area contributed by atoms with Gasteiger partial charge in [-0.15, -0.1) is 0 Å². The summed E-state index contributed by atoms with van der Waals surface area (Å²) in [5.41, 5.74) is -0.598. The van der Waals surface area contributed by atoms with Gasteiger partial charge in [-0.3, -0.25) is 4.79 Å². The smallest absolute Gasteiger partial charge is 0.419 e. The number of carbonyl (C=O) groups is 2. The molecule has 1 heterocycles. The van der Waals surface area contributed by atoms with E-state index >= 15 is 0 Å². The molecule has 1 fully saturated rings. The van der Waals surface area contributed by atoms with Gasteiger partial charge >= 0.3 is 12.3 Å².